The molecule has 7 heteroatoms. The van der Waals surface area contributed by atoms with Gasteiger partial charge in [0.2, 0.25) is 0 Å². The maximum Gasteiger partial charge on any atom is 0.291 e. The van der Waals surface area contributed by atoms with Crippen molar-refractivity contribution in [3.63, 3.8) is 0 Å². The molecular weight excluding hydrogens is 333 g/mol. The van der Waals surface area contributed by atoms with Gasteiger partial charge in [0.05, 0.1) is 27.5 Å². The van der Waals surface area contributed by atoms with Gasteiger partial charge in [0.1, 0.15) is 10.7 Å². The fourth-order valence-electron chi connectivity index (χ4n) is 2.24. The Morgan fingerprint density at radius 2 is 2.22 bits per heavy atom. The molecule has 0 radical (unpaired) electrons. The first-order valence-electron chi connectivity index (χ1n) is 6.75. The molecule has 2 heterocycles. The summed E-state index contributed by atoms with van der Waals surface area (Å²) < 4.78 is 15.8. The number of carbonyl (C=O) groups is 1. The van der Waals surface area contributed by atoms with Crippen LogP contribution in [0.25, 0.3) is 10.2 Å². The molecule has 3 aromatic rings. The third kappa shape index (κ3) is 2.96. The molecule has 0 aliphatic carbocycles. The number of halogens is 1. The molecule has 4 nitrogen and oxygen atoms in total. The number of hydrogen-bond donors (Lipinski definition) is 0. The quantitative estimate of drug-likeness (QED) is 0.669. The Bertz CT molecular complexity index is 1020. The highest BCUT2D eigenvalue weighted by Crippen LogP contribution is 2.20. The van der Waals surface area contributed by atoms with E-state index >= 15 is 0 Å². The van der Waals surface area contributed by atoms with Gasteiger partial charge in [-0.25, -0.2) is 9.37 Å². The molecule has 0 atom stereocenters. The molecule has 0 N–H and O–H groups in total. The molecule has 0 aliphatic heterocycles. The van der Waals surface area contributed by atoms with Gasteiger partial charge in [-0.1, -0.05) is 17.3 Å². The number of nitrogens with zero attached hydrogens (tertiary/aromatic N) is 3. The highest BCUT2D eigenvalue weighted by atomic mass is 32.1. The number of terminal acetylenes is 1. The van der Waals surface area contributed by atoms with Crippen molar-refractivity contribution in [1.82, 2.24) is 9.55 Å². The molecule has 3 rings (SSSR count). The largest absolute Gasteiger partial charge is 0.305 e. The van der Waals surface area contributed by atoms with E-state index in [9.17, 15) is 9.18 Å². The Labute approximate surface area is 140 Å². The first kappa shape index (κ1) is 15.6. The summed E-state index contributed by atoms with van der Waals surface area (Å²) in [6, 6.07) is 4.42. The topological polar surface area (TPSA) is 47.2 Å². The predicted molar refractivity (Wildman–Crippen MR) is 90.1 cm³/mol. The number of aryl methyl sites for hydroxylation is 2. The fraction of sp³-hybridized carbons (Fsp3) is 0.188. The molecule has 116 valence electrons. The lowest BCUT2D eigenvalue weighted by molar-refractivity contribution is 0.100. The van der Waals surface area contributed by atoms with Gasteiger partial charge in [0, 0.05) is 0 Å². The SMILES string of the molecule is C#CCn1c(=NC(=O)c2sc(C)nc2C)sc2cc(F)ccc21. The second kappa shape index (κ2) is 6.07. The number of thiazole rings is 2. The van der Waals surface area contributed by atoms with Gasteiger partial charge in [-0.15, -0.1) is 17.8 Å². The summed E-state index contributed by atoms with van der Waals surface area (Å²) >= 11 is 2.55. The maximum absolute atomic E-state index is 13.4. The maximum atomic E-state index is 13.4. The molecule has 0 saturated heterocycles. The summed E-state index contributed by atoms with van der Waals surface area (Å²) in [7, 11) is 0. The van der Waals surface area contributed by atoms with Crippen LogP contribution in [0, 0.1) is 32.0 Å². The molecule has 1 aromatic carbocycles. The van der Waals surface area contributed by atoms with E-state index in [0.717, 1.165) is 10.5 Å². The minimum atomic E-state index is -0.356. The van der Waals surface area contributed by atoms with Gasteiger partial charge in [-0.3, -0.25) is 4.79 Å². The van der Waals surface area contributed by atoms with Crippen molar-refractivity contribution in [2.75, 3.05) is 0 Å². The molecule has 0 fully saturated rings. The first-order chi connectivity index (χ1) is 11.0. The van der Waals surface area contributed by atoms with Crippen molar-refractivity contribution in [3.05, 3.63) is 44.4 Å². The van der Waals surface area contributed by atoms with Crippen molar-refractivity contribution < 1.29 is 9.18 Å². The highest BCUT2D eigenvalue weighted by molar-refractivity contribution is 7.16. The number of carbonyl (C=O) groups excluding carboxylic acids is 1. The van der Waals surface area contributed by atoms with Gasteiger partial charge >= 0.3 is 0 Å². The number of amides is 1. The zero-order valence-electron chi connectivity index (χ0n) is 12.5. The van der Waals surface area contributed by atoms with E-state index in [4.69, 9.17) is 6.42 Å². The zero-order valence-corrected chi connectivity index (χ0v) is 14.1. The molecule has 0 bridgehead atoms. The minimum Gasteiger partial charge on any atom is -0.305 e. The van der Waals surface area contributed by atoms with Crippen LogP contribution in [0.1, 0.15) is 20.4 Å². The molecule has 0 aliphatic rings. The smallest absolute Gasteiger partial charge is 0.291 e. The van der Waals surface area contributed by atoms with E-state index < -0.39 is 0 Å². The lowest BCUT2D eigenvalue weighted by Gasteiger charge is -1.99. The van der Waals surface area contributed by atoms with E-state index in [1.807, 2.05) is 6.92 Å². The molecule has 2 aromatic heterocycles. The monoisotopic (exact) mass is 345 g/mol. The zero-order chi connectivity index (χ0) is 16.6. The number of benzene rings is 1. The van der Waals surface area contributed by atoms with Crippen molar-refractivity contribution in [2.24, 2.45) is 4.99 Å². The summed E-state index contributed by atoms with van der Waals surface area (Å²) in [5.41, 5.74) is 1.43. The molecule has 0 spiro atoms. The second-order valence-corrected chi connectivity index (χ2v) is 7.06. The number of hydrogen-bond acceptors (Lipinski definition) is 4. The average molecular weight is 345 g/mol. The number of rotatable bonds is 2. The van der Waals surface area contributed by atoms with Gasteiger partial charge in [-0.05, 0) is 32.0 Å². The second-order valence-electron chi connectivity index (χ2n) is 4.85. The van der Waals surface area contributed by atoms with Crippen LogP contribution in [0.3, 0.4) is 0 Å². The van der Waals surface area contributed by atoms with Gasteiger partial charge in [0.15, 0.2) is 4.80 Å². The van der Waals surface area contributed by atoms with Crippen LogP contribution >= 0.6 is 22.7 Å². The van der Waals surface area contributed by atoms with Gasteiger partial charge in [0.25, 0.3) is 5.91 Å². The van der Waals surface area contributed by atoms with Crippen LogP contribution in [-0.2, 0) is 6.54 Å². The van der Waals surface area contributed by atoms with E-state index in [1.165, 1.54) is 34.8 Å². The molecular formula is C16H12FN3OS2. The Balaban J connectivity index is 2.18. The Morgan fingerprint density at radius 1 is 1.43 bits per heavy atom. The summed E-state index contributed by atoms with van der Waals surface area (Å²) in [6.45, 7) is 3.88. The standard InChI is InChI=1S/C16H12FN3OS2/c1-4-7-20-12-6-5-11(17)8-13(12)23-16(20)19-15(21)14-9(2)18-10(3)22-14/h1,5-6,8H,7H2,2-3H3. The van der Waals surface area contributed by atoms with E-state index in [1.54, 1.807) is 17.6 Å². The summed E-state index contributed by atoms with van der Waals surface area (Å²) in [6.07, 6.45) is 5.40. The Morgan fingerprint density at radius 3 is 2.87 bits per heavy atom. The predicted octanol–water partition coefficient (Wildman–Crippen LogP) is 3.29. The Kier molecular flexibility index (Phi) is 4.11. The lowest BCUT2D eigenvalue weighted by atomic mass is 10.3. The summed E-state index contributed by atoms with van der Waals surface area (Å²) in [4.78, 5) is 21.8. The van der Waals surface area contributed by atoms with Crippen molar-refractivity contribution in [3.8, 4) is 12.3 Å². The van der Waals surface area contributed by atoms with Crippen molar-refractivity contribution in [2.45, 2.75) is 20.4 Å². The fourth-order valence-corrected chi connectivity index (χ4v) is 4.10. The number of aromatic nitrogens is 2. The minimum absolute atomic E-state index is 0.262. The Hall–Kier alpha value is -2.30. The van der Waals surface area contributed by atoms with Crippen LogP contribution in [-0.4, -0.2) is 15.5 Å². The van der Waals surface area contributed by atoms with Gasteiger partial charge in [-0.2, -0.15) is 4.99 Å². The normalized spacial score (nSPS) is 11.8. The van der Waals surface area contributed by atoms with E-state index in [-0.39, 0.29) is 18.3 Å². The number of fused-ring (bicyclic) bond motifs is 1. The summed E-state index contributed by atoms with van der Waals surface area (Å²) in [5.74, 6) is 1.85. The van der Waals surface area contributed by atoms with Gasteiger partial charge < -0.3 is 4.57 Å². The van der Waals surface area contributed by atoms with Crippen LogP contribution in [0.5, 0.6) is 0 Å². The van der Waals surface area contributed by atoms with Crippen molar-refractivity contribution in [1.29, 1.82) is 0 Å². The van der Waals surface area contributed by atoms with Crippen LogP contribution in [0.2, 0.25) is 0 Å². The molecule has 0 unspecified atom stereocenters. The third-order valence-electron chi connectivity index (χ3n) is 3.19. The van der Waals surface area contributed by atoms with Crippen molar-refractivity contribution >= 4 is 38.8 Å². The van der Waals surface area contributed by atoms with E-state index in [2.05, 4.69) is 15.9 Å². The third-order valence-corrected chi connectivity index (χ3v) is 5.29. The summed E-state index contributed by atoms with van der Waals surface area (Å²) in [5, 5.41) is 0.816. The van der Waals surface area contributed by atoms with E-state index in [0.29, 0.717) is 20.1 Å². The first-order valence-corrected chi connectivity index (χ1v) is 8.38. The lowest BCUT2D eigenvalue weighted by Crippen LogP contribution is -2.16. The van der Waals surface area contributed by atoms with Crippen LogP contribution in [0.15, 0.2) is 23.2 Å². The van der Waals surface area contributed by atoms with Crippen LogP contribution in [0.4, 0.5) is 4.39 Å². The van der Waals surface area contributed by atoms with Crippen LogP contribution < -0.4 is 4.80 Å². The molecule has 1 amide bonds. The highest BCUT2D eigenvalue weighted by Gasteiger charge is 2.14. The molecule has 23 heavy (non-hydrogen) atoms. The molecule has 0 saturated carbocycles. The average Bonchev–Trinajstić information content (AvgIpc) is 2.99.